The number of carboxylic acids is 1. The molecular formula is C26H20N4O4S. The average molecular weight is 485 g/mol. The molecule has 3 aromatic carbocycles. The Bertz CT molecular complexity index is 1700. The van der Waals surface area contributed by atoms with Gasteiger partial charge in [0, 0.05) is 5.39 Å². The number of fused-ring (bicyclic) bond motifs is 2. The van der Waals surface area contributed by atoms with Crippen molar-refractivity contribution in [1.29, 1.82) is 0 Å². The minimum absolute atomic E-state index is 0.0986. The Balaban J connectivity index is 1.62. The molecule has 0 amide bonds. The lowest BCUT2D eigenvalue weighted by atomic mass is 10.1. The summed E-state index contributed by atoms with van der Waals surface area (Å²) in [4.78, 5) is 25.2. The third-order valence-electron chi connectivity index (χ3n) is 5.54. The van der Waals surface area contributed by atoms with Crippen molar-refractivity contribution in [1.82, 2.24) is 15.0 Å². The molecule has 0 aliphatic heterocycles. The first-order valence-electron chi connectivity index (χ1n) is 10.8. The molecule has 35 heavy (non-hydrogen) atoms. The molecule has 0 radical (unpaired) electrons. The van der Waals surface area contributed by atoms with Crippen molar-refractivity contribution >= 4 is 49.2 Å². The van der Waals surface area contributed by atoms with Crippen molar-refractivity contribution in [3.05, 3.63) is 95.8 Å². The number of pyridine rings is 1. The molecular weight excluding hydrogens is 464 g/mol. The van der Waals surface area contributed by atoms with Gasteiger partial charge >= 0.3 is 5.97 Å². The fourth-order valence-electron chi connectivity index (χ4n) is 3.74. The minimum Gasteiger partial charge on any atom is -0.477 e. The maximum Gasteiger partial charge on any atom is 0.354 e. The van der Waals surface area contributed by atoms with Gasteiger partial charge in [-0.2, -0.15) is 0 Å². The smallest absolute Gasteiger partial charge is 0.354 e. The Morgan fingerprint density at radius 3 is 2.29 bits per heavy atom. The van der Waals surface area contributed by atoms with E-state index in [1.54, 1.807) is 54.6 Å². The highest BCUT2D eigenvalue weighted by Crippen LogP contribution is 2.29. The summed E-state index contributed by atoms with van der Waals surface area (Å²) in [5, 5.41) is 13.3. The predicted octanol–water partition coefficient (Wildman–Crippen LogP) is 4.90. The number of nitrogens with zero attached hydrogens (tertiary/aromatic N) is 3. The monoisotopic (exact) mass is 484 g/mol. The SMILES string of the molecule is Cc1ccc(S(=O)(=O)Cc2nc3ccccc3nc2Nc2cccc3ccc(C(=O)O)nc23)cc1. The standard InChI is InChI=1S/C26H20N4O4S/c1-16-9-12-18(13-10-16)35(33,34)15-23-25(29-20-7-3-2-6-19(20)27-23)30-21-8-4-5-17-11-14-22(26(31)32)28-24(17)21/h2-14H,15H2,1H3,(H,29,30)(H,31,32). The Morgan fingerprint density at radius 2 is 1.57 bits per heavy atom. The average Bonchev–Trinajstić information content (AvgIpc) is 2.84. The molecule has 0 bridgehead atoms. The van der Waals surface area contributed by atoms with Gasteiger partial charge in [-0.15, -0.1) is 0 Å². The van der Waals surface area contributed by atoms with Crippen LogP contribution in [0.15, 0.2) is 83.8 Å². The van der Waals surface area contributed by atoms with Gasteiger partial charge < -0.3 is 10.4 Å². The van der Waals surface area contributed by atoms with Gasteiger partial charge in [-0.3, -0.25) is 0 Å². The van der Waals surface area contributed by atoms with Gasteiger partial charge in [0.1, 0.15) is 11.4 Å². The third-order valence-corrected chi connectivity index (χ3v) is 7.19. The summed E-state index contributed by atoms with van der Waals surface area (Å²) >= 11 is 0. The molecule has 5 rings (SSSR count). The van der Waals surface area contributed by atoms with Gasteiger partial charge in [0.15, 0.2) is 15.7 Å². The lowest BCUT2D eigenvalue weighted by Crippen LogP contribution is -2.11. The molecule has 0 unspecified atom stereocenters. The number of aromatic carboxylic acids is 1. The number of anilines is 2. The fraction of sp³-hybridized carbons (Fsp3) is 0.0769. The number of carboxylic acid groups (broad SMARTS) is 1. The third kappa shape index (κ3) is 4.53. The van der Waals surface area contributed by atoms with E-state index >= 15 is 0 Å². The summed E-state index contributed by atoms with van der Waals surface area (Å²) in [6.07, 6.45) is 0. The number of rotatable bonds is 6. The minimum atomic E-state index is -3.71. The Kier molecular flexibility index (Phi) is 5.62. The highest BCUT2D eigenvalue weighted by molar-refractivity contribution is 7.90. The molecule has 0 aliphatic rings. The number of carbonyl (C=O) groups is 1. The van der Waals surface area contributed by atoms with Crippen LogP contribution in [0.1, 0.15) is 21.7 Å². The van der Waals surface area contributed by atoms with Crippen LogP contribution in [-0.2, 0) is 15.6 Å². The molecule has 8 nitrogen and oxygen atoms in total. The van der Waals surface area contributed by atoms with E-state index in [2.05, 4.69) is 20.3 Å². The molecule has 0 fully saturated rings. The number of hydrogen-bond donors (Lipinski definition) is 2. The van der Waals surface area contributed by atoms with Crippen LogP contribution >= 0.6 is 0 Å². The van der Waals surface area contributed by atoms with E-state index in [1.165, 1.54) is 6.07 Å². The largest absolute Gasteiger partial charge is 0.477 e. The molecule has 174 valence electrons. The van der Waals surface area contributed by atoms with Gasteiger partial charge in [0.05, 0.1) is 32.8 Å². The molecule has 0 aliphatic carbocycles. The topological polar surface area (TPSA) is 122 Å². The number of aryl methyl sites for hydroxylation is 1. The molecule has 0 saturated carbocycles. The van der Waals surface area contributed by atoms with Gasteiger partial charge in [-0.1, -0.05) is 48.0 Å². The molecule has 0 atom stereocenters. The number of sulfone groups is 1. The van der Waals surface area contributed by atoms with Crippen molar-refractivity contribution < 1.29 is 18.3 Å². The van der Waals surface area contributed by atoms with Crippen LogP contribution < -0.4 is 5.32 Å². The Hall–Kier alpha value is -4.37. The number of hydrogen-bond acceptors (Lipinski definition) is 7. The van der Waals surface area contributed by atoms with Gasteiger partial charge in [0.25, 0.3) is 0 Å². The van der Waals surface area contributed by atoms with E-state index in [0.29, 0.717) is 22.2 Å². The van der Waals surface area contributed by atoms with Crippen molar-refractivity contribution in [2.45, 2.75) is 17.6 Å². The quantitative estimate of drug-likeness (QED) is 0.349. The van der Waals surface area contributed by atoms with E-state index in [1.807, 2.05) is 25.1 Å². The van der Waals surface area contributed by atoms with Crippen molar-refractivity contribution in [2.24, 2.45) is 0 Å². The summed E-state index contributed by atoms with van der Waals surface area (Å²) in [6.45, 7) is 1.89. The normalized spacial score (nSPS) is 11.6. The first-order chi connectivity index (χ1) is 16.8. The maximum atomic E-state index is 13.2. The van der Waals surface area contributed by atoms with Crippen molar-refractivity contribution in [3.8, 4) is 0 Å². The van der Waals surface area contributed by atoms with Crippen molar-refractivity contribution in [2.75, 3.05) is 5.32 Å². The zero-order valence-electron chi connectivity index (χ0n) is 18.6. The van der Waals surface area contributed by atoms with Gasteiger partial charge in [-0.25, -0.2) is 28.2 Å². The second kappa shape index (κ2) is 8.77. The molecule has 0 saturated heterocycles. The zero-order chi connectivity index (χ0) is 24.6. The fourth-order valence-corrected chi connectivity index (χ4v) is 5.02. The number of para-hydroxylation sites is 3. The number of nitrogens with one attached hydrogen (secondary N) is 1. The molecule has 2 aromatic heterocycles. The van der Waals surface area contributed by atoms with Crippen LogP contribution in [0, 0.1) is 6.92 Å². The zero-order valence-corrected chi connectivity index (χ0v) is 19.5. The van der Waals surface area contributed by atoms with Crippen LogP contribution in [0.2, 0.25) is 0 Å². The molecule has 0 spiro atoms. The Labute approximate surface area is 201 Å². The predicted molar refractivity (Wildman–Crippen MR) is 134 cm³/mol. The van der Waals surface area contributed by atoms with Crippen LogP contribution in [0.25, 0.3) is 21.9 Å². The van der Waals surface area contributed by atoms with Gasteiger partial charge in [0.2, 0.25) is 0 Å². The van der Waals surface area contributed by atoms with Crippen molar-refractivity contribution in [3.63, 3.8) is 0 Å². The highest BCUT2D eigenvalue weighted by Gasteiger charge is 2.21. The summed E-state index contributed by atoms with van der Waals surface area (Å²) in [7, 11) is -3.71. The molecule has 5 aromatic rings. The van der Waals surface area contributed by atoms with E-state index < -0.39 is 15.8 Å². The van der Waals surface area contributed by atoms with E-state index in [-0.39, 0.29) is 27.9 Å². The second-order valence-electron chi connectivity index (χ2n) is 8.08. The Morgan fingerprint density at radius 1 is 0.857 bits per heavy atom. The number of aromatic nitrogens is 3. The van der Waals surface area contributed by atoms with E-state index in [9.17, 15) is 18.3 Å². The van der Waals surface area contributed by atoms with E-state index in [4.69, 9.17) is 0 Å². The van der Waals surface area contributed by atoms with Crippen LogP contribution in [0.4, 0.5) is 11.5 Å². The summed E-state index contributed by atoms with van der Waals surface area (Å²) in [5.74, 6) is -1.25. The molecule has 9 heteroatoms. The maximum absolute atomic E-state index is 13.2. The highest BCUT2D eigenvalue weighted by atomic mass is 32.2. The summed E-state index contributed by atoms with van der Waals surface area (Å²) < 4.78 is 26.4. The summed E-state index contributed by atoms with van der Waals surface area (Å²) in [6, 6.07) is 22.3. The molecule has 2 heterocycles. The first-order valence-corrected chi connectivity index (χ1v) is 12.4. The number of benzene rings is 3. The lowest BCUT2D eigenvalue weighted by molar-refractivity contribution is 0.0691. The van der Waals surface area contributed by atoms with Crippen LogP contribution in [-0.4, -0.2) is 34.4 Å². The summed E-state index contributed by atoms with van der Waals surface area (Å²) in [5.41, 5.74) is 3.18. The second-order valence-corrected chi connectivity index (χ2v) is 10.1. The van der Waals surface area contributed by atoms with Crippen LogP contribution in [0.3, 0.4) is 0 Å². The lowest BCUT2D eigenvalue weighted by Gasteiger charge is -2.14. The van der Waals surface area contributed by atoms with Gasteiger partial charge in [-0.05, 0) is 43.3 Å². The van der Waals surface area contributed by atoms with E-state index in [0.717, 1.165) is 10.9 Å². The first kappa shape index (κ1) is 22.4. The van der Waals surface area contributed by atoms with Crippen LogP contribution in [0.5, 0.6) is 0 Å². The molecule has 2 N–H and O–H groups in total.